The van der Waals surface area contributed by atoms with Crippen LogP contribution < -0.4 is 0 Å². The zero-order valence-electron chi connectivity index (χ0n) is 9.61. The lowest BCUT2D eigenvalue weighted by atomic mass is 9.90. The molecule has 0 aromatic rings. The normalized spacial score (nSPS) is 19.8. The number of amides is 1. The molecule has 0 spiro atoms. The molecule has 2 bridgehead atoms. The molecule has 5 heteroatoms. The number of rotatable bonds is 1. The van der Waals surface area contributed by atoms with Gasteiger partial charge in [-0.15, -0.1) is 0 Å². The number of aliphatic carboxylic acids is 1. The Bertz CT molecular complexity index is 383. The zero-order valence-corrected chi connectivity index (χ0v) is 9.61. The highest BCUT2D eigenvalue weighted by molar-refractivity contribution is 5.94. The van der Waals surface area contributed by atoms with Gasteiger partial charge in [0, 0.05) is 6.04 Å². The monoisotopic (exact) mass is 225 g/mol. The van der Waals surface area contributed by atoms with Crippen LogP contribution in [0.2, 0.25) is 0 Å². The summed E-state index contributed by atoms with van der Waals surface area (Å²) in [5.74, 6) is -1.04. The van der Waals surface area contributed by atoms with Gasteiger partial charge in [0.15, 0.2) is 0 Å². The number of nitrogens with zero attached hydrogens (tertiary/aromatic N) is 1. The SMILES string of the molecule is CC(C)(C)OC(=O)N1C(C(=O)O)=C2CC1C2. The molecule has 2 aliphatic heterocycles. The van der Waals surface area contributed by atoms with Crippen LogP contribution in [0, 0.1) is 0 Å². The van der Waals surface area contributed by atoms with Crippen LogP contribution >= 0.6 is 0 Å². The smallest absolute Gasteiger partial charge is 0.415 e. The Morgan fingerprint density at radius 1 is 1.38 bits per heavy atom. The fourth-order valence-electron chi connectivity index (χ4n) is 2.04. The van der Waals surface area contributed by atoms with E-state index >= 15 is 0 Å². The van der Waals surface area contributed by atoms with Crippen LogP contribution in [0.15, 0.2) is 11.3 Å². The van der Waals surface area contributed by atoms with E-state index < -0.39 is 17.7 Å². The first-order valence-corrected chi connectivity index (χ1v) is 5.27. The average molecular weight is 225 g/mol. The average Bonchev–Trinajstić information content (AvgIpc) is 2.50. The molecule has 2 heterocycles. The summed E-state index contributed by atoms with van der Waals surface area (Å²) in [4.78, 5) is 24.1. The molecule has 0 radical (unpaired) electrons. The molecule has 5 nitrogen and oxygen atoms in total. The minimum absolute atomic E-state index is 0.00375. The van der Waals surface area contributed by atoms with Gasteiger partial charge in [-0.25, -0.2) is 9.59 Å². The van der Waals surface area contributed by atoms with Crippen LogP contribution in [0.3, 0.4) is 0 Å². The van der Waals surface area contributed by atoms with Gasteiger partial charge in [0.1, 0.15) is 11.3 Å². The van der Waals surface area contributed by atoms with Crippen molar-refractivity contribution in [1.29, 1.82) is 0 Å². The Morgan fingerprint density at radius 3 is 2.38 bits per heavy atom. The lowest BCUT2D eigenvalue weighted by Gasteiger charge is -2.29. The van der Waals surface area contributed by atoms with E-state index in [1.165, 1.54) is 4.90 Å². The van der Waals surface area contributed by atoms with Crippen molar-refractivity contribution in [2.45, 2.75) is 45.3 Å². The van der Waals surface area contributed by atoms with E-state index in [1.807, 2.05) is 0 Å². The van der Waals surface area contributed by atoms with Crippen LogP contribution in [-0.2, 0) is 9.53 Å². The van der Waals surface area contributed by atoms with E-state index in [4.69, 9.17) is 9.84 Å². The van der Waals surface area contributed by atoms with E-state index in [-0.39, 0.29) is 11.7 Å². The maximum absolute atomic E-state index is 11.8. The minimum atomic E-state index is -1.04. The summed E-state index contributed by atoms with van der Waals surface area (Å²) in [6.45, 7) is 5.29. The van der Waals surface area contributed by atoms with Crippen LogP contribution in [0.5, 0.6) is 0 Å². The summed E-state index contributed by atoms with van der Waals surface area (Å²) >= 11 is 0. The number of carbonyl (C=O) groups is 2. The molecule has 0 aromatic heterocycles. The fourth-order valence-corrected chi connectivity index (χ4v) is 2.04. The van der Waals surface area contributed by atoms with Gasteiger partial charge in [-0.05, 0) is 39.2 Å². The first-order valence-electron chi connectivity index (χ1n) is 5.27. The second-order valence-corrected chi connectivity index (χ2v) is 5.17. The second-order valence-electron chi connectivity index (χ2n) is 5.17. The Kier molecular flexibility index (Phi) is 2.22. The van der Waals surface area contributed by atoms with Gasteiger partial charge in [-0.3, -0.25) is 4.90 Å². The number of carbonyl (C=O) groups excluding carboxylic acids is 1. The maximum Gasteiger partial charge on any atom is 0.415 e. The van der Waals surface area contributed by atoms with Gasteiger partial charge in [-0.2, -0.15) is 0 Å². The minimum Gasteiger partial charge on any atom is -0.477 e. The van der Waals surface area contributed by atoms with Gasteiger partial charge in [0.05, 0.1) is 0 Å². The van der Waals surface area contributed by atoms with E-state index in [0.29, 0.717) is 12.8 Å². The van der Waals surface area contributed by atoms with Gasteiger partial charge in [0.25, 0.3) is 0 Å². The Labute approximate surface area is 93.7 Å². The molecule has 1 fully saturated rings. The lowest BCUT2D eigenvalue weighted by Crippen LogP contribution is -2.41. The van der Waals surface area contributed by atoms with Crippen molar-refractivity contribution in [2.75, 3.05) is 0 Å². The first kappa shape index (κ1) is 11.0. The highest BCUT2D eigenvalue weighted by Gasteiger charge is 2.48. The van der Waals surface area contributed by atoms with Crippen molar-refractivity contribution in [2.24, 2.45) is 0 Å². The first-order chi connectivity index (χ1) is 7.29. The summed E-state index contributed by atoms with van der Waals surface area (Å²) < 4.78 is 5.19. The molecular weight excluding hydrogens is 210 g/mol. The number of hydrogen-bond donors (Lipinski definition) is 1. The topological polar surface area (TPSA) is 66.8 Å². The van der Waals surface area contributed by atoms with Crippen molar-refractivity contribution < 1.29 is 19.4 Å². The Balaban J connectivity index is 2.15. The third-order valence-electron chi connectivity index (χ3n) is 2.70. The van der Waals surface area contributed by atoms with Crippen LogP contribution in [0.4, 0.5) is 4.79 Å². The van der Waals surface area contributed by atoms with Gasteiger partial charge >= 0.3 is 12.1 Å². The van der Waals surface area contributed by atoms with Crippen LogP contribution in [0.1, 0.15) is 33.6 Å². The van der Waals surface area contributed by atoms with Crippen molar-refractivity contribution in [3.05, 3.63) is 11.3 Å². The Hall–Kier alpha value is -1.52. The van der Waals surface area contributed by atoms with Crippen LogP contribution in [-0.4, -0.2) is 33.7 Å². The molecule has 1 aliphatic carbocycles. The van der Waals surface area contributed by atoms with Gasteiger partial charge in [-0.1, -0.05) is 0 Å². The molecule has 3 rings (SSSR count). The quantitative estimate of drug-likeness (QED) is 0.738. The molecule has 0 saturated heterocycles. The van der Waals surface area contributed by atoms with Crippen molar-refractivity contribution in [3.63, 3.8) is 0 Å². The van der Waals surface area contributed by atoms with Gasteiger partial charge < -0.3 is 9.84 Å². The number of fused-ring (bicyclic) bond motifs is 1. The summed E-state index contributed by atoms with van der Waals surface area (Å²) in [5.41, 5.74) is 0.376. The summed E-state index contributed by atoms with van der Waals surface area (Å²) in [6, 6.07) is -0.00375. The molecule has 0 atom stereocenters. The van der Waals surface area contributed by atoms with Crippen molar-refractivity contribution in [1.82, 2.24) is 4.90 Å². The summed E-state index contributed by atoms with van der Waals surface area (Å²) in [7, 11) is 0. The summed E-state index contributed by atoms with van der Waals surface area (Å²) in [6.07, 6.45) is 0.810. The molecule has 1 N–H and O–H groups in total. The fraction of sp³-hybridized carbons (Fsp3) is 0.636. The third-order valence-corrected chi connectivity index (χ3v) is 2.70. The maximum atomic E-state index is 11.8. The molecule has 0 unspecified atom stereocenters. The third kappa shape index (κ3) is 1.66. The molecule has 3 aliphatic rings. The Morgan fingerprint density at radius 2 is 1.94 bits per heavy atom. The second kappa shape index (κ2) is 3.23. The zero-order chi connectivity index (χ0) is 12.1. The molecule has 1 saturated carbocycles. The highest BCUT2D eigenvalue weighted by Crippen LogP contribution is 2.44. The lowest BCUT2D eigenvalue weighted by molar-refractivity contribution is -0.134. The molecule has 16 heavy (non-hydrogen) atoms. The van der Waals surface area contributed by atoms with Crippen molar-refractivity contribution >= 4 is 12.1 Å². The largest absolute Gasteiger partial charge is 0.477 e. The highest BCUT2D eigenvalue weighted by atomic mass is 16.6. The van der Waals surface area contributed by atoms with E-state index in [9.17, 15) is 9.59 Å². The number of ether oxygens (including phenoxy) is 1. The molecule has 0 aromatic carbocycles. The predicted molar refractivity (Wildman–Crippen MR) is 55.8 cm³/mol. The predicted octanol–water partition coefficient (Wildman–Crippen LogP) is 1.74. The van der Waals surface area contributed by atoms with Gasteiger partial charge in [0.2, 0.25) is 0 Å². The summed E-state index contributed by atoms with van der Waals surface area (Å²) in [5, 5.41) is 9.02. The van der Waals surface area contributed by atoms with E-state index in [1.54, 1.807) is 20.8 Å². The molecule has 1 amide bonds. The van der Waals surface area contributed by atoms with Crippen molar-refractivity contribution in [3.8, 4) is 0 Å². The standard InChI is InChI=1S/C11H15NO4/c1-11(2,3)16-10(15)12-7-4-6(5-7)8(12)9(13)14/h7H,4-5H2,1-3H3,(H,13,14). The van der Waals surface area contributed by atoms with Crippen LogP contribution in [0.25, 0.3) is 0 Å². The molecular formula is C11H15NO4. The van der Waals surface area contributed by atoms with E-state index in [2.05, 4.69) is 0 Å². The molecule has 88 valence electrons. The number of hydrogen-bond acceptors (Lipinski definition) is 3. The van der Waals surface area contributed by atoms with E-state index in [0.717, 1.165) is 5.57 Å². The number of carboxylic acids is 1. The number of carboxylic acid groups (broad SMARTS) is 1.